The van der Waals surface area contributed by atoms with Crippen LogP contribution in [0, 0.1) is 0 Å². The molecule has 0 bridgehead atoms. The van der Waals surface area contributed by atoms with Crippen molar-refractivity contribution >= 4 is 44.3 Å². The molecule has 3 aromatic rings. The Hall–Kier alpha value is -2.36. The van der Waals surface area contributed by atoms with Gasteiger partial charge in [-0.25, -0.2) is 4.98 Å². The molecule has 2 aromatic heterocycles. The van der Waals surface area contributed by atoms with Crippen molar-refractivity contribution in [1.82, 2.24) is 14.8 Å². The number of aromatic nitrogens is 3. The van der Waals surface area contributed by atoms with Crippen LogP contribution in [0.5, 0.6) is 0 Å². The van der Waals surface area contributed by atoms with E-state index in [1.54, 1.807) is 29.2 Å². The number of rotatable bonds is 5. The van der Waals surface area contributed by atoms with E-state index >= 15 is 0 Å². The highest BCUT2D eigenvalue weighted by atomic mass is 35.5. The number of benzene rings is 1. The molecule has 0 saturated heterocycles. The largest absolute Gasteiger partial charge is 0.380 e. The molecule has 126 valence electrons. The van der Waals surface area contributed by atoms with Crippen LogP contribution >= 0.6 is 11.6 Å². The van der Waals surface area contributed by atoms with Crippen LogP contribution in [-0.4, -0.2) is 27.7 Å². The van der Waals surface area contributed by atoms with E-state index < -0.39 is 10.3 Å². The van der Waals surface area contributed by atoms with Crippen LogP contribution in [0.4, 0.5) is 11.4 Å². The summed E-state index contributed by atoms with van der Waals surface area (Å²) in [6.07, 6.45) is 3.43. The molecule has 0 spiro atoms. The van der Waals surface area contributed by atoms with Crippen LogP contribution in [0.25, 0.3) is 11.0 Å². The second-order valence-corrected chi connectivity index (χ2v) is 6.67. The summed E-state index contributed by atoms with van der Waals surface area (Å²) in [6, 6.07) is 6.65. The van der Waals surface area contributed by atoms with E-state index in [1.165, 1.54) is 6.07 Å². The van der Waals surface area contributed by atoms with Crippen molar-refractivity contribution in [3.8, 4) is 0 Å². The molecule has 2 heterocycles. The minimum Gasteiger partial charge on any atom is -0.380 e. The van der Waals surface area contributed by atoms with Gasteiger partial charge in [-0.3, -0.25) is 14.0 Å². The maximum Gasteiger partial charge on any atom is 0.357 e. The fraction of sp³-hybridized carbons (Fsp3) is 0.143. The van der Waals surface area contributed by atoms with Gasteiger partial charge in [-0.15, -0.1) is 0 Å². The van der Waals surface area contributed by atoms with E-state index in [0.717, 1.165) is 22.3 Å². The minimum atomic E-state index is -4.36. The van der Waals surface area contributed by atoms with Gasteiger partial charge in [0.25, 0.3) is 0 Å². The number of hydrogen-bond acceptors (Lipinski definition) is 5. The van der Waals surface area contributed by atoms with Crippen molar-refractivity contribution in [1.29, 1.82) is 0 Å². The van der Waals surface area contributed by atoms with Gasteiger partial charge in [-0.2, -0.15) is 13.5 Å². The smallest absolute Gasteiger partial charge is 0.357 e. The number of nitrogens with one attached hydrogen (secondary N) is 2. The molecule has 0 saturated carbocycles. The lowest BCUT2D eigenvalue weighted by Crippen LogP contribution is -2.11. The average Bonchev–Trinajstić information content (AvgIpc) is 2.89. The summed E-state index contributed by atoms with van der Waals surface area (Å²) in [6.45, 7) is 0.472. The van der Waals surface area contributed by atoms with Crippen LogP contribution < -0.4 is 10.0 Å². The molecule has 8 nitrogen and oxygen atoms in total. The van der Waals surface area contributed by atoms with Crippen molar-refractivity contribution in [2.75, 3.05) is 10.0 Å². The number of hydrogen-bond donors (Lipinski definition) is 3. The minimum absolute atomic E-state index is 0.112. The highest BCUT2D eigenvalue weighted by Gasteiger charge is 2.09. The van der Waals surface area contributed by atoms with E-state index in [9.17, 15) is 8.42 Å². The molecule has 0 atom stereocenters. The molecule has 0 radical (unpaired) electrons. The van der Waals surface area contributed by atoms with Gasteiger partial charge in [-0.1, -0.05) is 17.7 Å². The monoisotopic (exact) mass is 367 g/mol. The molecule has 1 aromatic carbocycles. The summed E-state index contributed by atoms with van der Waals surface area (Å²) < 4.78 is 34.1. The highest BCUT2D eigenvalue weighted by Crippen LogP contribution is 2.25. The van der Waals surface area contributed by atoms with E-state index in [4.69, 9.17) is 16.2 Å². The fourth-order valence-corrected chi connectivity index (χ4v) is 3.05. The van der Waals surface area contributed by atoms with E-state index in [2.05, 4.69) is 15.4 Å². The zero-order valence-corrected chi connectivity index (χ0v) is 14.1. The standard InChI is InChI=1S/C14H14ClN5O3S/c1-20-14-10(8-18-20)12(4-5-16-14)17-7-9-2-3-13(11(15)6-9)19-24(21,22)23/h2-6,8,19H,7H2,1H3,(H,16,17)(H,21,22,23). The third kappa shape index (κ3) is 3.58. The Morgan fingerprint density at radius 2 is 2.08 bits per heavy atom. The zero-order valence-electron chi connectivity index (χ0n) is 12.6. The number of pyridine rings is 1. The molecule has 0 aliphatic carbocycles. The average molecular weight is 368 g/mol. The maximum atomic E-state index is 10.8. The van der Waals surface area contributed by atoms with Gasteiger partial charge >= 0.3 is 10.3 Å². The van der Waals surface area contributed by atoms with Gasteiger partial charge in [-0.05, 0) is 23.8 Å². The van der Waals surface area contributed by atoms with Crippen LogP contribution in [0.1, 0.15) is 5.56 Å². The third-order valence-corrected chi connectivity index (χ3v) is 4.18. The summed E-state index contributed by atoms with van der Waals surface area (Å²) >= 11 is 6.03. The Balaban J connectivity index is 1.78. The maximum absolute atomic E-state index is 10.8. The molecular weight excluding hydrogens is 354 g/mol. The SMILES string of the molecule is Cn1ncc2c(NCc3ccc(NS(=O)(=O)O)c(Cl)c3)ccnc21. The Bertz CT molecular complexity index is 1000. The molecule has 0 aliphatic rings. The summed E-state index contributed by atoms with van der Waals surface area (Å²) in [4.78, 5) is 4.27. The zero-order chi connectivity index (χ0) is 17.3. The lowest BCUT2D eigenvalue weighted by Gasteiger charge is -2.10. The number of anilines is 2. The Kier molecular flexibility index (Phi) is 4.31. The number of nitrogens with zero attached hydrogens (tertiary/aromatic N) is 3. The van der Waals surface area contributed by atoms with Crippen molar-refractivity contribution in [2.24, 2.45) is 7.05 Å². The van der Waals surface area contributed by atoms with Crippen molar-refractivity contribution in [2.45, 2.75) is 6.54 Å². The van der Waals surface area contributed by atoms with Crippen molar-refractivity contribution in [3.05, 3.63) is 47.2 Å². The lowest BCUT2D eigenvalue weighted by molar-refractivity contribution is 0.489. The van der Waals surface area contributed by atoms with Crippen molar-refractivity contribution in [3.63, 3.8) is 0 Å². The molecule has 24 heavy (non-hydrogen) atoms. The Morgan fingerprint density at radius 3 is 2.79 bits per heavy atom. The summed E-state index contributed by atoms with van der Waals surface area (Å²) in [5.74, 6) is 0. The first-order valence-electron chi connectivity index (χ1n) is 6.88. The van der Waals surface area contributed by atoms with E-state index in [0.29, 0.717) is 6.54 Å². The first-order valence-corrected chi connectivity index (χ1v) is 8.69. The predicted molar refractivity (Wildman–Crippen MR) is 92.5 cm³/mol. The second-order valence-electron chi connectivity index (χ2n) is 5.11. The number of aryl methyl sites for hydroxylation is 1. The lowest BCUT2D eigenvalue weighted by atomic mass is 10.2. The van der Waals surface area contributed by atoms with Gasteiger partial charge in [0, 0.05) is 25.5 Å². The normalized spacial score (nSPS) is 11.6. The summed E-state index contributed by atoms with van der Waals surface area (Å²) in [5.41, 5.74) is 2.60. The molecular formula is C14H14ClN5O3S. The first kappa shape index (κ1) is 16.5. The molecule has 0 amide bonds. The van der Waals surface area contributed by atoms with Crippen LogP contribution in [0.3, 0.4) is 0 Å². The molecule has 10 heteroatoms. The third-order valence-electron chi connectivity index (χ3n) is 3.39. The van der Waals surface area contributed by atoms with Crippen LogP contribution in [-0.2, 0) is 23.9 Å². The highest BCUT2D eigenvalue weighted by molar-refractivity contribution is 7.87. The van der Waals surface area contributed by atoms with E-state index in [-0.39, 0.29) is 10.7 Å². The van der Waals surface area contributed by atoms with E-state index in [1.807, 2.05) is 17.8 Å². The van der Waals surface area contributed by atoms with Gasteiger partial charge in [0.1, 0.15) is 0 Å². The fourth-order valence-electron chi connectivity index (χ4n) is 2.29. The molecule has 3 N–H and O–H groups in total. The predicted octanol–water partition coefficient (Wildman–Crippen LogP) is 2.45. The molecule has 0 unspecified atom stereocenters. The van der Waals surface area contributed by atoms with Crippen LogP contribution in [0.2, 0.25) is 5.02 Å². The topological polar surface area (TPSA) is 109 Å². The Labute approximate surface area is 143 Å². The molecule has 0 aliphatic heterocycles. The number of fused-ring (bicyclic) bond motifs is 1. The van der Waals surface area contributed by atoms with Gasteiger partial charge in [0.05, 0.1) is 22.3 Å². The molecule has 0 fully saturated rings. The number of halogens is 1. The summed E-state index contributed by atoms with van der Waals surface area (Å²) in [7, 11) is -2.54. The van der Waals surface area contributed by atoms with Crippen molar-refractivity contribution < 1.29 is 13.0 Å². The first-order chi connectivity index (χ1) is 11.3. The summed E-state index contributed by atoms with van der Waals surface area (Å²) in [5, 5.41) is 8.53. The quantitative estimate of drug-likeness (QED) is 0.597. The Morgan fingerprint density at radius 1 is 1.29 bits per heavy atom. The second kappa shape index (κ2) is 6.27. The van der Waals surface area contributed by atoms with Gasteiger partial charge in [0.2, 0.25) is 0 Å². The molecule has 3 rings (SSSR count). The van der Waals surface area contributed by atoms with Crippen LogP contribution in [0.15, 0.2) is 36.7 Å². The van der Waals surface area contributed by atoms with Gasteiger partial charge in [0.15, 0.2) is 5.65 Å². The van der Waals surface area contributed by atoms with Gasteiger partial charge < -0.3 is 5.32 Å².